The van der Waals surface area contributed by atoms with Gasteiger partial charge in [-0.25, -0.2) is 0 Å². The summed E-state index contributed by atoms with van der Waals surface area (Å²) in [5, 5.41) is 5.53. The van der Waals surface area contributed by atoms with Crippen LogP contribution < -0.4 is 10.6 Å². The van der Waals surface area contributed by atoms with Crippen molar-refractivity contribution in [2.75, 3.05) is 10.6 Å². The van der Waals surface area contributed by atoms with Gasteiger partial charge in [0, 0.05) is 17.8 Å². The minimum Gasteiger partial charge on any atom is -0.326 e. The maximum atomic E-state index is 11.6. The smallest absolute Gasteiger partial charge is 0.238 e. The van der Waals surface area contributed by atoms with Gasteiger partial charge in [0.15, 0.2) is 0 Å². The van der Waals surface area contributed by atoms with Gasteiger partial charge in [0.25, 0.3) is 0 Å². The molecule has 5 heteroatoms. The quantitative estimate of drug-likeness (QED) is 0.821. The van der Waals surface area contributed by atoms with Crippen LogP contribution in [0, 0.1) is 0 Å². The highest BCUT2D eigenvalue weighted by Crippen LogP contribution is 2.15. The third-order valence-electron chi connectivity index (χ3n) is 2.40. The summed E-state index contributed by atoms with van der Waals surface area (Å²) in [6.07, 6.45) is 1.18. The number of anilines is 2. The Kier molecular flexibility index (Phi) is 5.85. The topological polar surface area (TPSA) is 58.2 Å². The highest BCUT2D eigenvalue weighted by atomic mass is 79.9. The Bertz CT molecular complexity index is 418. The molecule has 0 spiro atoms. The SMILES string of the molecule is CCC(=O)Nc1ccc(NC(=O)C(Br)CC)cc1. The molecule has 0 saturated carbocycles. The second-order valence-corrected chi connectivity index (χ2v) is 4.95. The standard InChI is InChI=1S/C13H17BrN2O2/c1-3-11(14)13(18)16-10-7-5-9(6-8-10)15-12(17)4-2/h5-8,11H,3-4H2,1-2H3,(H,15,17)(H,16,18). The fourth-order valence-electron chi connectivity index (χ4n) is 1.29. The van der Waals surface area contributed by atoms with Crippen molar-refractivity contribution in [1.82, 2.24) is 0 Å². The van der Waals surface area contributed by atoms with Crippen molar-refractivity contribution < 1.29 is 9.59 Å². The molecule has 2 N–H and O–H groups in total. The lowest BCUT2D eigenvalue weighted by molar-refractivity contribution is -0.116. The first-order chi connectivity index (χ1) is 8.56. The molecule has 0 aliphatic heterocycles. The fraction of sp³-hybridized carbons (Fsp3) is 0.385. The predicted octanol–water partition coefficient (Wildman–Crippen LogP) is 3.15. The number of hydrogen-bond acceptors (Lipinski definition) is 2. The van der Waals surface area contributed by atoms with E-state index in [1.165, 1.54) is 0 Å². The van der Waals surface area contributed by atoms with Crippen molar-refractivity contribution in [2.45, 2.75) is 31.5 Å². The van der Waals surface area contributed by atoms with E-state index in [0.29, 0.717) is 12.1 Å². The average Bonchev–Trinajstić information content (AvgIpc) is 2.39. The monoisotopic (exact) mass is 312 g/mol. The van der Waals surface area contributed by atoms with Crippen LogP contribution in [0.4, 0.5) is 11.4 Å². The van der Waals surface area contributed by atoms with Crippen LogP contribution in [0.2, 0.25) is 0 Å². The molecule has 0 bridgehead atoms. The molecule has 1 atom stereocenters. The van der Waals surface area contributed by atoms with Crippen molar-refractivity contribution in [2.24, 2.45) is 0 Å². The van der Waals surface area contributed by atoms with Gasteiger partial charge in [-0.2, -0.15) is 0 Å². The van der Waals surface area contributed by atoms with E-state index in [1.54, 1.807) is 31.2 Å². The Labute approximate surface area is 115 Å². The Morgan fingerprint density at radius 2 is 1.61 bits per heavy atom. The highest BCUT2D eigenvalue weighted by molar-refractivity contribution is 9.10. The number of rotatable bonds is 5. The number of alkyl halides is 1. The van der Waals surface area contributed by atoms with Crippen LogP contribution in [0.3, 0.4) is 0 Å². The number of amides is 2. The van der Waals surface area contributed by atoms with Gasteiger partial charge in [-0.3, -0.25) is 9.59 Å². The molecule has 0 aromatic heterocycles. The zero-order chi connectivity index (χ0) is 13.5. The number of carbonyl (C=O) groups excluding carboxylic acids is 2. The lowest BCUT2D eigenvalue weighted by Gasteiger charge is -2.09. The summed E-state index contributed by atoms with van der Waals surface area (Å²) in [4.78, 5) is 22.6. The summed E-state index contributed by atoms with van der Waals surface area (Å²) in [5.74, 6) is -0.0962. The van der Waals surface area contributed by atoms with E-state index in [9.17, 15) is 9.59 Å². The zero-order valence-corrected chi connectivity index (χ0v) is 12.1. The molecule has 2 amide bonds. The third kappa shape index (κ3) is 4.49. The molecule has 1 unspecified atom stereocenters. The van der Waals surface area contributed by atoms with Crippen LogP contribution in [0.15, 0.2) is 24.3 Å². The largest absolute Gasteiger partial charge is 0.326 e. The first-order valence-electron chi connectivity index (χ1n) is 5.91. The highest BCUT2D eigenvalue weighted by Gasteiger charge is 2.11. The normalized spacial score (nSPS) is 11.7. The molecule has 18 heavy (non-hydrogen) atoms. The van der Waals surface area contributed by atoms with Crippen LogP contribution in [0.1, 0.15) is 26.7 Å². The first-order valence-corrected chi connectivity index (χ1v) is 6.83. The van der Waals surface area contributed by atoms with E-state index in [2.05, 4.69) is 26.6 Å². The minimum absolute atomic E-state index is 0.0294. The van der Waals surface area contributed by atoms with Crippen LogP contribution >= 0.6 is 15.9 Å². The van der Waals surface area contributed by atoms with E-state index in [-0.39, 0.29) is 16.6 Å². The number of hydrogen-bond donors (Lipinski definition) is 2. The molecule has 1 aromatic carbocycles. The zero-order valence-electron chi connectivity index (χ0n) is 10.5. The van der Waals surface area contributed by atoms with E-state index in [0.717, 1.165) is 12.1 Å². The van der Waals surface area contributed by atoms with E-state index < -0.39 is 0 Å². The van der Waals surface area contributed by atoms with Crippen LogP contribution in [0.5, 0.6) is 0 Å². The molecule has 0 radical (unpaired) electrons. The predicted molar refractivity (Wildman–Crippen MR) is 77.0 cm³/mol. The molecular formula is C13H17BrN2O2. The maximum absolute atomic E-state index is 11.6. The number of carbonyl (C=O) groups is 2. The Morgan fingerprint density at radius 3 is 2.06 bits per heavy atom. The lowest BCUT2D eigenvalue weighted by Crippen LogP contribution is -2.21. The van der Waals surface area contributed by atoms with E-state index in [1.807, 2.05) is 6.92 Å². The third-order valence-corrected chi connectivity index (χ3v) is 3.46. The van der Waals surface area contributed by atoms with Gasteiger partial charge >= 0.3 is 0 Å². The molecule has 4 nitrogen and oxygen atoms in total. The minimum atomic E-state index is -0.183. The van der Waals surface area contributed by atoms with Crippen molar-refractivity contribution in [1.29, 1.82) is 0 Å². The lowest BCUT2D eigenvalue weighted by atomic mass is 10.2. The molecular weight excluding hydrogens is 296 g/mol. The fourth-order valence-corrected chi connectivity index (χ4v) is 1.41. The first kappa shape index (κ1) is 14.7. The van der Waals surface area contributed by atoms with Crippen molar-refractivity contribution in [3.05, 3.63) is 24.3 Å². The van der Waals surface area contributed by atoms with Gasteiger partial charge in [-0.05, 0) is 30.7 Å². The molecule has 1 aromatic rings. The summed E-state index contributed by atoms with van der Waals surface area (Å²) < 4.78 is 0. The van der Waals surface area contributed by atoms with Gasteiger partial charge in [-0.15, -0.1) is 0 Å². The molecule has 0 aliphatic rings. The summed E-state index contributed by atoms with van der Waals surface area (Å²) in [7, 11) is 0. The molecule has 0 aliphatic carbocycles. The van der Waals surface area contributed by atoms with E-state index in [4.69, 9.17) is 0 Å². The summed E-state index contributed by atoms with van der Waals surface area (Å²) in [6, 6.07) is 7.05. The molecule has 0 saturated heterocycles. The van der Waals surface area contributed by atoms with Gasteiger partial charge in [0.2, 0.25) is 11.8 Å². The molecule has 98 valence electrons. The van der Waals surface area contributed by atoms with Gasteiger partial charge < -0.3 is 10.6 Å². The van der Waals surface area contributed by atoms with Crippen molar-refractivity contribution in [3.8, 4) is 0 Å². The van der Waals surface area contributed by atoms with Crippen LogP contribution in [0.25, 0.3) is 0 Å². The van der Waals surface area contributed by atoms with E-state index >= 15 is 0 Å². The maximum Gasteiger partial charge on any atom is 0.238 e. The van der Waals surface area contributed by atoms with Crippen LogP contribution in [-0.4, -0.2) is 16.6 Å². The summed E-state index contributed by atoms with van der Waals surface area (Å²) in [6.45, 7) is 3.73. The number of benzene rings is 1. The average molecular weight is 313 g/mol. The molecule has 0 heterocycles. The summed E-state index contributed by atoms with van der Waals surface area (Å²) >= 11 is 3.29. The van der Waals surface area contributed by atoms with Gasteiger partial charge in [-0.1, -0.05) is 29.8 Å². The van der Waals surface area contributed by atoms with Crippen LogP contribution in [-0.2, 0) is 9.59 Å². The van der Waals surface area contributed by atoms with Gasteiger partial charge in [0.1, 0.15) is 0 Å². The van der Waals surface area contributed by atoms with Crippen molar-refractivity contribution >= 4 is 39.1 Å². The molecule has 0 fully saturated rings. The Hall–Kier alpha value is -1.36. The Morgan fingerprint density at radius 1 is 1.11 bits per heavy atom. The number of halogens is 1. The molecule has 1 rings (SSSR count). The number of nitrogens with one attached hydrogen (secondary N) is 2. The Balaban J connectivity index is 2.60. The van der Waals surface area contributed by atoms with Gasteiger partial charge in [0.05, 0.1) is 4.83 Å². The van der Waals surface area contributed by atoms with Crippen molar-refractivity contribution in [3.63, 3.8) is 0 Å². The summed E-state index contributed by atoms with van der Waals surface area (Å²) in [5.41, 5.74) is 1.44. The second-order valence-electron chi connectivity index (χ2n) is 3.84. The second kappa shape index (κ2) is 7.16.